The molecular weight excluding hydrogens is 264 g/mol. The number of carboxylic acid groups (broad SMARTS) is 1. The van der Waals surface area contributed by atoms with E-state index in [-0.39, 0.29) is 11.4 Å². The maximum absolute atomic E-state index is 13.4. The van der Waals surface area contributed by atoms with Crippen LogP contribution in [0.4, 0.5) is 8.78 Å². The summed E-state index contributed by atoms with van der Waals surface area (Å²) in [5.74, 6) is -2.37. The molecule has 0 heterocycles. The fraction of sp³-hybridized carbons (Fsp3) is 0.133. The SMILES string of the molecule is O=C(O)c1ccc(CNCc2ccccc2F)cc1F. The van der Waals surface area contributed by atoms with Crippen LogP contribution in [-0.2, 0) is 13.1 Å². The molecule has 0 atom stereocenters. The number of hydrogen-bond acceptors (Lipinski definition) is 2. The van der Waals surface area contributed by atoms with E-state index >= 15 is 0 Å². The molecule has 2 aromatic rings. The summed E-state index contributed by atoms with van der Waals surface area (Å²) >= 11 is 0. The molecule has 3 nitrogen and oxygen atoms in total. The van der Waals surface area contributed by atoms with Gasteiger partial charge in [-0.15, -0.1) is 0 Å². The van der Waals surface area contributed by atoms with Gasteiger partial charge in [-0.1, -0.05) is 24.3 Å². The highest BCUT2D eigenvalue weighted by Crippen LogP contribution is 2.11. The normalized spacial score (nSPS) is 10.5. The first-order valence-corrected chi connectivity index (χ1v) is 6.04. The summed E-state index contributed by atoms with van der Waals surface area (Å²) in [5, 5.41) is 11.7. The van der Waals surface area contributed by atoms with E-state index in [0.717, 1.165) is 6.07 Å². The van der Waals surface area contributed by atoms with Gasteiger partial charge in [0.1, 0.15) is 11.6 Å². The predicted octanol–water partition coefficient (Wildman–Crippen LogP) is 2.95. The lowest BCUT2D eigenvalue weighted by Gasteiger charge is -2.07. The number of rotatable bonds is 5. The van der Waals surface area contributed by atoms with Crippen LogP contribution in [0.15, 0.2) is 42.5 Å². The molecule has 0 fully saturated rings. The molecule has 104 valence electrons. The maximum atomic E-state index is 13.4. The Bertz CT molecular complexity index is 629. The molecule has 2 N–H and O–H groups in total. The smallest absolute Gasteiger partial charge is 0.338 e. The van der Waals surface area contributed by atoms with Crippen LogP contribution in [0.2, 0.25) is 0 Å². The molecular formula is C15H13F2NO2. The van der Waals surface area contributed by atoms with Crippen molar-refractivity contribution in [3.8, 4) is 0 Å². The zero-order valence-electron chi connectivity index (χ0n) is 10.6. The van der Waals surface area contributed by atoms with Crippen LogP contribution < -0.4 is 5.32 Å². The van der Waals surface area contributed by atoms with Gasteiger partial charge in [0.2, 0.25) is 0 Å². The molecule has 0 saturated heterocycles. The highest BCUT2D eigenvalue weighted by Gasteiger charge is 2.10. The Labute approximate surface area is 114 Å². The number of nitrogens with one attached hydrogen (secondary N) is 1. The average Bonchev–Trinajstić information content (AvgIpc) is 2.40. The molecule has 0 aliphatic rings. The van der Waals surface area contributed by atoms with Crippen molar-refractivity contribution >= 4 is 5.97 Å². The standard InChI is InChI=1S/C15H13F2NO2/c16-13-4-2-1-3-11(13)9-18-8-10-5-6-12(15(19)20)14(17)7-10/h1-7,18H,8-9H2,(H,19,20). The van der Waals surface area contributed by atoms with E-state index in [9.17, 15) is 13.6 Å². The quantitative estimate of drug-likeness (QED) is 0.883. The van der Waals surface area contributed by atoms with Crippen molar-refractivity contribution in [3.63, 3.8) is 0 Å². The monoisotopic (exact) mass is 277 g/mol. The summed E-state index contributed by atoms with van der Waals surface area (Å²) < 4.78 is 26.8. The Morgan fingerprint density at radius 3 is 2.45 bits per heavy atom. The van der Waals surface area contributed by atoms with Crippen LogP contribution in [0, 0.1) is 11.6 Å². The fourth-order valence-electron chi connectivity index (χ4n) is 1.83. The van der Waals surface area contributed by atoms with Gasteiger partial charge in [0.15, 0.2) is 0 Å². The first-order chi connectivity index (χ1) is 9.58. The number of benzene rings is 2. The number of carbonyl (C=O) groups is 1. The molecule has 0 bridgehead atoms. The molecule has 2 aromatic carbocycles. The minimum Gasteiger partial charge on any atom is -0.478 e. The average molecular weight is 277 g/mol. The molecule has 0 unspecified atom stereocenters. The third-order valence-corrected chi connectivity index (χ3v) is 2.87. The van der Waals surface area contributed by atoms with Crippen molar-refractivity contribution in [2.75, 3.05) is 0 Å². The van der Waals surface area contributed by atoms with Crippen LogP contribution in [0.1, 0.15) is 21.5 Å². The van der Waals surface area contributed by atoms with Crippen molar-refractivity contribution in [1.82, 2.24) is 5.32 Å². The Morgan fingerprint density at radius 2 is 1.80 bits per heavy atom. The van der Waals surface area contributed by atoms with Crippen molar-refractivity contribution in [2.45, 2.75) is 13.1 Å². The van der Waals surface area contributed by atoms with E-state index in [1.807, 2.05) is 0 Å². The third kappa shape index (κ3) is 3.39. The summed E-state index contributed by atoms with van der Waals surface area (Å²) in [5.41, 5.74) is 0.766. The molecule has 0 aliphatic carbocycles. The molecule has 0 aromatic heterocycles. The molecule has 0 amide bonds. The van der Waals surface area contributed by atoms with E-state index in [1.165, 1.54) is 18.2 Å². The van der Waals surface area contributed by atoms with E-state index in [0.29, 0.717) is 24.2 Å². The largest absolute Gasteiger partial charge is 0.478 e. The lowest BCUT2D eigenvalue weighted by molar-refractivity contribution is 0.0692. The molecule has 2 rings (SSSR count). The van der Waals surface area contributed by atoms with Crippen molar-refractivity contribution in [3.05, 3.63) is 70.8 Å². The van der Waals surface area contributed by atoms with Crippen LogP contribution in [0.25, 0.3) is 0 Å². The summed E-state index contributed by atoms with van der Waals surface area (Å²) in [6, 6.07) is 10.3. The summed E-state index contributed by atoms with van der Waals surface area (Å²) in [7, 11) is 0. The van der Waals surface area contributed by atoms with Gasteiger partial charge < -0.3 is 10.4 Å². The summed E-state index contributed by atoms with van der Waals surface area (Å²) in [4.78, 5) is 10.7. The molecule has 0 aliphatic heterocycles. The molecule has 0 spiro atoms. The van der Waals surface area contributed by atoms with Crippen LogP contribution in [-0.4, -0.2) is 11.1 Å². The number of hydrogen-bond donors (Lipinski definition) is 2. The van der Waals surface area contributed by atoms with E-state index in [4.69, 9.17) is 5.11 Å². The number of aromatic carboxylic acids is 1. The number of carboxylic acids is 1. The minimum atomic E-state index is -1.30. The third-order valence-electron chi connectivity index (χ3n) is 2.87. The second-order valence-corrected chi connectivity index (χ2v) is 4.31. The second-order valence-electron chi connectivity index (χ2n) is 4.31. The Hall–Kier alpha value is -2.27. The van der Waals surface area contributed by atoms with E-state index in [2.05, 4.69) is 5.32 Å². The van der Waals surface area contributed by atoms with Gasteiger partial charge in [0.05, 0.1) is 5.56 Å². The zero-order valence-corrected chi connectivity index (χ0v) is 10.6. The highest BCUT2D eigenvalue weighted by atomic mass is 19.1. The van der Waals surface area contributed by atoms with Crippen molar-refractivity contribution in [1.29, 1.82) is 0 Å². The topological polar surface area (TPSA) is 49.3 Å². The fourth-order valence-corrected chi connectivity index (χ4v) is 1.83. The zero-order chi connectivity index (χ0) is 14.5. The van der Waals surface area contributed by atoms with Gasteiger partial charge in [0, 0.05) is 18.7 Å². The van der Waals surface area contributed by atoms with Gasteiger partial charge in [-0.2, -0.15) is 0 Å². The van der Waals surface area contributed by atoms with Gasteiger partial charge in [0.25, 0.3) is 0 Å². The second kappa shape index (κ2) is 6.25. The van der Waals surface area contributed by atoms with Gasteiger partial charge in [-0.25, -0.2) is 13.6 Å². The molecule has 0 saturated carbocycles. The van der Waals surface area contributed by atoms with Gasteiger partial charge in [-0.3, -0.25) is 0 Å². The molecule has 20 heavy (non-hydrogen) atoms. The Balaban J connectivity index is 1.97. The maximum Gasteiger partial charge on any atom is 0.338 e. The summed E-state index contributed by atoms with van der Waals surface area (Å²) in [6.07, 6.45) is 0. The van der Waals surface area contributed by atoms with Crippen molar-refractivity contribution in [2.24, 2.45) is 0 Å². The van der Waals surface area contributed by atoms with Crippen LogP contribution in [0.3, 0.4) is 0 Å². The number of halogens is 2. The van der Waals surface area contributed by atoms with Gasteiger partial charge >= 0.3 is 5.97 Å². The highest BCUT2D eigenvalue weighted by molar-refractivity contribution is 5.87. The Morgan fingerprint density at radius 1 is 1.05 bits per heavy atom. The van der Waals surface area contributed by atoms with Crippen LogP contribution >= 0.6 is 0 Å². The van der Waals surface area contributed by atoms with Crippen molar-refractivity contribution < 1.29 is 18.7 Å². The van der Waals surface area contributed by atoms with Gasteiger partial charge in [-0.05, 0) is 23.8 Å². The predicted molar refractivity (Wildman–Crippen MR) is 70.3 cm³/mol. The molecule has 0 radical (unpaired) electrons. The lowest BCUT2D eigenvalue weighted by Crippen LogP contribution is -2.14. The first kappa shape index (κ1) is 14.1. The first-order valence-electron chi connectivity index (χ1n) is 6.04. The summed E-state index contributed by atoms with van der Waals surface area (Å²) in [6.45, 7) is 0.639. The lowest BCUT2D eigenvalue weighted by atomic mass is 10.1. The Kier molecular flexibility index (Phi) is 4.42. The molecule has 5 heteroatoms. The van der Waals surface area contributed by atoms with E-state index in [1.54, 1.807) is 18.2 Å². The van der Waals surface area contributed by atoms with Crippen LogP contribution in [0.5, 0.6) is 0 Å². The minimum absolute atomic E-state index is 0.299. The van der Waals surface area contributed by atoms with E-state index < -0.39 is 11.8 Å².